The van der Waals surface area contributed by atoms with Crippen LogP contribution in [0.4, 0.5) is 0 Å². The normalized spacial score (nSPS) is 14.2. The van der Waals surface area contributed by atoms with Crippen LogP contribution in [-0.2, 0) is 9.59 Å². The van der Waals surface area contributed by atoms with Gasteiger partial charge in [0.15, 0.2) is 0 Å². The minimum absolute atomic E-state index is 0.0535. The average molecular weight is 855 g/mol. The van der Waals surface area contributed by atoms with E-state index in [1.807, 2.05) is 0 Å². The molecule has 0 fully saturated rings. The van der Waals surface area contributed by atoms with Gasteiger partial charge in [0.1, 0.15) is 36.1 Å². The topological polar surface area (TPSA) is 204 Å². The van der Waals surface area contributed by atoms with Crippen molar-refractivity contribution < 1.29 is 40.2 Å². The molecule has 0 aliphatic rings. The first-order valence-electron chi connectivity index (χ1n) is 24.7. The summed E-state index contributed by atoms with van der Waals surface area (Å²) in [6.45, 7) is 5.51. The molecule has 0 aliphatic heterocycles. The third-order valence-corrected chi connectivity index (χ3v) is 11.3. The molecule has 0 saturated heterocycles. The molecular formula is C48H94N4O8. The molecule has 354 valence electrons. The predicted molar refractivity (Wildman–Crippen MR) is 247 cm³/mol. The van der Waals surface area contributed by atoms with Crippen LogP contribution in [0.15, 0.2) is 23.5 Å². The van der Waals surface area contributed by atoms with Gasteiger partial charge < -0.3 is 41.3 Å². The van der Waals surface area contributed by atoms with Gasteiger partial charge in [0.25, 0.3) is 0 Å². The maximum Gasteiger partial charge on any atom is 0.351 e. The van der Waals surface area contributed by atoms with Crippen molar-refractivity contribution in [1.82, 2.24) is 21.3 Å². The van der Waals surface area contributed by atoms with E-state index in [4.69, 9.17) is 0 Å². The van der Waals surface area contributed by atoms with E-state index in [1.54, 1.807) is 0 Å². The van der Waals surface area contributed by atoms with Crippen LogP contribution in [0.25, 0.3) is 0 Å². The van der Waals surface area contributed by atoms with Gasteiger partial charge >= 0.3 is 11.9 Å². The first kappa shape index (κ1) is 57.8. The fourth-order valence-electron chi connectivity index (χ4n) is 7.41. The molecule has 4 unspecified atom stereocenters. The van der Waals surface area contributed by atoms with Gasteiger partial charge in [0, 0.05) is 26.2 Å². The van der Waals surface area contributed by atoms with Crippen LogP contribution < -0.4 is 21.3 Å². The van der Waals surface area contributed by atoms with Gasteiger partial charge in [-0.05, 0) is 25.0 Å². The number of hydrogen-bond donors (Lipinski definition) is 10. The first-order valence-corrected chi connectivity index (χ1v) is 24.7. The Kier molecular flexibility index (Phi) is 41.8. The molecule has 0 radical (unpaired) electrons. The van der Waals surface area contributed by atoms with Crippen LogP contribution in [0, 0.1) is 0 Å². The Bertz CT molecular complexity index is 966. The first-order chi connectivity index (χ1) is 29.1. The van der Waals surface area contributed by atoms with Crippen molar-refractivity contribution in [3.05, 3.63) is 23.5 Å². The predicted octanol–water partition coefficient (Wildman–Crippen LogP) is 9.16. The fourth-order valence-corrected chi connectivity index (χ4v) is 7.41. The van der Waals surface area contributed by atoms with Crippen molar-refractivity contribution in [2.45, 2.75) is 244 Å². The van der Waals surface area contributed by atoms with E-state index >= 15 is 0 Å². The van der Waals surface area contributed by atoms with Gasteiger partial charge in [-0.15, -0.1) is 0 Å². The van der Waals surface area contributed by atoms with E-state index in [0.717, 1.165) is 50.7 Å². The number of unbranched alkanes of at least 4 members (excludes halogenated alkanes) is 30. The molecule has 12 heteroatoms. The molecule has 10 N–H and O–H groups in total. The number of carboxylic acid groups (broad SMARTS) is 2. The molecule has 4 atom stereocenters. The van der Waals surface area contributed by atoms with Crippen LogP contribution in [0.5, 0.6) is 0 Å². The number of aliphatic hydroxyl groups excluding tert-OH is 4. The Hall–Kier alpha value is -2.22. The van der Waals surface area contributed by atoms with Gasteiger partial charge in [0.2, 0.25) is 0 Å². The monoisotopic (exact) mass is 855 g/mol. The third-order valence-electron chi connectivity index (χ3n) is 11.3. The molecule has 0 aromatic carbocycles. The summed E-state index contributed by atoms with van der Waals surface area (Å²) < 4.78 is 0. The number of hydrogen-bond acceptors (Lipinski definition) is 10. The maximum absolute atomic E-state index is 11.7. The highest BCUT2D eigenvalue weighted by Gasteiger charge is 2.19. The van der Waals surface area contributed by atoms with Crippen LogP contribution >= 0.6 is 0 Å². The molecule has 0 rings (SSSR count). The molecule has 0 aliphatic carbocycles. The zero-order chi connectivity index (χ0) is 44.3. The number of carboxylic acids is 2. The minimum Gasteiger partial charge on any atom is -0.477 e. The maximum atomic E-state index is 11.7. The molecule has 0 amide bonds. The number of aliphatic hydroxyl groups is 4. The number of aliphatic carboxylic acids is 2. The minimum atomic E-state index is -1.51. The SMILES string of the molecule is CCCCCCCCCCCCCCCCCCNC(=CC(O)C(O)NCCNC(O)C(O)C=C(NCCCCCCCCCCCCCCCCCC)C(=O)O)C(=O)O. The highest BCUT2D eigenvalue weighted by Crippen LogP contribution is 2.15. The zero-order valence-corrected chi connectivity index (χ0v) is 38.4. The summed E-state index contributed by atoms with van der Waals surface area (Å²) in [5.74, 6) is -2.46. The Labute approximate surface area is 366 Å². The standard InChI is InChI=1S/C48H94N4O8/c1-3-5-7-9-11-13-15-17-19-21-23-25-27-29-31-33-35-49-41(47(57)58)39-43(53)45(55)51-37-38-52-46(56)44(54)40-42(48(59)60)50-36-34-32-30-28-26-24-22-20-18-16-14-12-10-8-6-4-2/h39-40,43-46,49-56H,3-38H2,1-2H3,(H,57,58)(H,59,60). The van der Waals surface area contributed by atoms with Crippen molar-refractivity contribution in [3.63, 3.8) is 0 Å². The lowest BCUT2D eigenvalue weighted by atomic mass is 10.0. The molecule has 60 heavy (non-hydrogen) atoms. The summed E-state index contributed by atoms with van der Waals surface area (Å²) >= 11 is 0. The second kappa shape index (κ2) is 43.4. The molecule has 0 heterocycles. The summed E-state index contributed by atoms with van der Waals surface area (Å²) in [4.78, 5) is 23.4. The van der Waals surface area contributed by atoms with Crippen molar-refractivity contribution in [1.29, 1.82) is 0 Å². The Morgan fingerprint density at radius 3 is 0.800 bits per heavy atom. The van der Waals surface area contributed by atoms with Gasteiger partial charge in [-0.2, -0.15) is 0 Å². The largest absolute Gasteiger partial charge is 0.477 e. The highest BCUT2D eigenvalue weighted by atomic mass is 16.4. The van der Waals surface area contributed by atoms with Gasteiger partial charge in [-0.1, -0.05) is 206 Å². The molecule has 0 aromatic heterocycles. The smallest absolute Gasteiger partial charge is 0.351 e. The van der Waals surface area contributed by atoms with Crippen LogP contribution in [-0.4, -0.2) is 93.4 Å². The Balaban J connectivity index is 4.10. The van der Waals surface area contributed by atoms with E-state index in [-0.39, 0.29) is 24.5 Å². The Morgan fingerprint density at radius 2 is 0.583 bits per heavy atom. The molecular weight excluding hydrogens is 761 g/mol. The quantitative estimate of drug-likeness (QED) is 0.0158. The van der Waals surface area contributed by atoms with Crippen LogP contribution in [0.1, 0.15) is 219 Å². The van der Waals surface area contributed by atoms with Gasteiger partial charge in [0.05, 0.1) is 0 Å². The van der Waals surface area contributed by atoms with Crippen LogP contribution in [0.3, 0.4) is 0 Å². The van der Waals surface area contributed by atoms with E-state index < -0.39 is 36.6 Å². The zero-order valence-electron chi connectivity index (χ0n) is 38.4. The molecule has 0 spiro atoms. The lowest BCUT2D eigenvalue weighted by molar-refractivity contribution is -0.134. The highest BCUT2D eigenvalue weighted by molar-refractivity contribution is 5.86. The number of carbonyl (C=O) groups is 2. The number of rotatable bonds is 47. The third kappa shape index (κ3) is 37.5. The van der Waals surface area contributed by atoms with Crippen molar-refractivity contribution in [2.75, 3.05) is 26.2 Å². The van der Waals surface area contributed by atoms with Gasteiger partial charge in [-0.25, -0.2) is 9.59 Å². The molecule has 0 saturated carbocycles. The second-order valence-electron chi connectivity index (χ2n) is 17.0. The molecule has 12 nitrogen and oxygen atoms in total. The summed E-state index contributed by atoms with van der Waals surface area (Å²) in [7, 11) is 0. The lowest BCUT2D eigenvalue weighted by Crippen LogP contribution is -2.46. The lowest BCUT2D eigenvalue weighted by Gasteiger charge is -2.20. The second-order valence-corrected chi connectivity index (χ2v) is 17.0. The van der Waals surface area contributed by atoms with E-state index in [2.05, 4.69) is 35.1 Å². The number of nitrogens with one attached hydrogen (secondary N) is 4. The van der Waals surface area contributed by atoms with E-state index in [0.29, 0.717) is 13.1 Å². The summed E-state index contributed by atoms with van der Waals surface area (Å²) in [5, 5.41) is 71.5. The molecule has 0 aromatic rings. The average Bonchev–Trinajstić information content (AvgIpc) is 3.23. The molecule has 0 bridgehead atoms. The summed E-state index contributed by atoms with van der Waals surface area (Å²) in [6, 6.07) is 0. The Morgan fingerprint density at radius 1 is 0.367 bits per heavy atom. The van der Waals surface area contributed by atoms with Crippen molar-refractivity contribution in [3.8, 4) is 0 Å². The fraction of sp³-hybridized carbons (Fsp3) is 0.875. The van der Waals surface area contributed by atoms with E-state index in [9.17, 15) is 40.2 Å². The van der Waals surface area contributed by atoms with Gasteiger partial charge in [-0.3, -0.25) is 10.6 Å². The van der Waals surface area contributed by atoms with Crippen molar-refractivity contribution in [2.24, 2.45) is 0 Å². The van der Waals surface area contributed by atoms with E-state index in [1.165, 1.54) is 167 Å². The van der Waals surface area contributed by atoms with Crippen LogP contribution in [0.2, 0.25) is 0 Å². The summed E-state index contributed by atoms with van der Waals surface area (Å²) in [6.07, 6.45) is 36.4. The summed E-state index contributed by atoms with van der Waals surface area (Å²) in [5.41, 5.74) is -0.379. The van der Waals surface area contributed by atoms with Crippen molar-refractivity contribution >= 4 is 11.9 Å².